The van der Waals surface area contributed by atoms with E-state index in [1.54, 1.807) is 24.3 Å². The summed E-state index contributed by atoms with van der Waals surface area (Å²) in [6.07, 6.45) is 7.27. The van der Waals surface area contributed by atoms with Crippen LogP contribution in [0.5, 0.6) is 0 Å². The minimum atomic E-state index is -0.878. The third-order valence-corrected chi connectivity index (χ3v) is 4.03. The van der Waals surface area contributed by atoms with Crippen LogP contribution < -0.4 is 10.6 Å². The van der Waals surface area contributed by atoms with Crippen molar-refractivity contribution >= 4 is 41.1 Å². The number of hydrogen-bond donors (Lipinski definition) is 2. The van der Waals surface area contributed by atoms with Gasteiger partial charge < -0.3 is 15.4 Å². The highest BCUT2D eigenvalue weighted by Gasteiger charge is 2.24. The van der Waals surface area contributed by atoms with E-state index in [0.717, 1.165) is 0 Å². The van der Waals surface area contributed by atoms with Crippen LogP contribution in [0.1, 0.15) is 16.8 Å². The fourth-order valence-electron chi connectivity index (χ4n) is 1.80. The molecule has 0 aromatic heterocycles. The van der Waals surface area contributed by atoms with Gasteiger partial charge in [0.25, 0.3) is 11.8 Å². The van der Waals surface area contributed by atoms with Crippen molar-refractivity contribution in [3.05, 3.63) is 34.9 Å². The molecule has 134 valence electrons. The molecule has 0 aliphatic rings. The SMILES string of the molecule is C#CCNC(=O)COC(=O)[C@@H](CCSC)NC(=O)c1ccccc1Cl. The van der Waals surface area contributed by atoms with Crippen LogP contribution in [-0.4, -0.2) is 49.0 Å². The molecule has 2 N–H and O–H groups in total. The number of terminal acetylenes is 1. The van der Waals surface area contributed by atoms with Gasteiger partial charge in [-0.25, -0.2) is 4.79 Å². The Kier molecular flexibility index (Phi) is 9.51. The third-order valence-electron chi connectivity index (χ3n) is 3.05. The zero-order valence-electron chi connectivity index (χ0n) is 13.7. The van der Waals surface area contributed by atoms with Crippen molar-refractivity contribution < 1.29 is 19.1 Å². The summed E-state index contributed by atoms with van der Waals surface area (Å²) in [5, 5.41) is 5.27. The Hall–Kier alpha value is -2.17. The standard InChI is InChI=1S/C17H19ClN2O4S/c1-3-9-19-15(21)11-24-17(23)14(8-10-25-2)20-16(22)12-6-4-5-7-13(12)18/h1,4-7,14H,8-11H2,2H3,(H,19,21)(H,20,22)/t14-/m1/s1. The molecule has 1 rings (SSSR count). The number of benzene rings is 1. The lowest BCUT2D eigenvalue weighted by Crippen LogP contribution is -2.43. The summed E-state index contributed by atoms with van der Waals surface area (Å²) in [5.41, 5.74) is 0.262. The van der Waals surface area contributed by atoms with E-state index >= 15 is 0 Å². The number of nitrogens with one attached hydrogen (secondary N) is 2. The first-order valence-corrected chi connectivity index (χ1v) is 9.18. The average molecular weight is 383 g/mol. The predicted octanol–water partition coefficient (Wildman–Crippen LogP) is 1.48. The van der Waals surface area contributed by atoms with Gasteiger partial charge in [-0.15, -0.1) is 6.42 Å². The van der Waals surface area contributed by atoms with Gasteiger partial charge in [-0.3, -0.25) is 9.59 Å². The van der Waals surface area contributed by atoms with Gasteiger partial charge >= 0.3 is 5.97 Å². The fraction of sp³-hybridized carbons (Fsp3) is 0.353. The Bertz CT molecular complexity index is 660. The van der Waals surface area contributed by atoms with Gasteiger partial charge in [-0.1, -0.05) is 29.7 Å². The summed E-state index contributed by atoms with van der Waals surface area (Å²) in [7, 11) is 0. The fourth-order valence-corrected chi connectivity index (χ4v) is 2.50. The lowest BCUT2D eigenvalue weighted by atomic mass is 10.1. The van der Waals surface area contributed by atoms with Gasteiger partial charge in [-0.05, 0) is 30.6 Å². The van der Waals surface area contributed by atoms with Crippen molar-refractivity contribution in [3.8, 4) is 12.3 Å². The molecule has 0 bridgehead atoms. The highest BCUT2D eigenvalue weighted by atomic mass is 35.5. The number of esters is 1. The molecule has 0 unspecified atom stereocenters. The van der Waals surface area contributed by atoms with Crippen LogP contribution >= 0.6 is 23.4 Å². The van der Waals surface area contributed by atoms with Crippen LogP contribution in [0.25, 0.3) is 0 Å². The van der Waals surface area contributed by atoms with Crippen molar-refractivity contribution in [2.75, 3.05) is 25.2 Å². The van der Waals surface area contributed by atoms with Crippen molar-refractivity contribution in [2.45, 2.75) is 12.5 Å². The largest absolute Gasteiger partial charge is 0.454 e. The molecule has 0 spiro atoms. The summed E-state index contributed by atoms with van der Waals surface area (Å²) in [6.45, 7) is -0.409. The van der Waals surface area contributed by atoms with Crippen LogP contribution in [0.15, 0.2) is 24.3 Å². The number of thioether (sulfide) groups is 1. The molecule has 0 radical (unpaired) electrons. The molecule has 1 atom stereocenters. The Morgan fingerprint density at radius 3 is 2.72 bits per heavy atom. The zero-order valence-corrected chi connectivity index (χ0v) is 15.3. The van der Waals surface area contributed by atoms with Crippen LogP contribution in [0.4, 0.5) is 0 Å². The first kappa shape index (κ1) is 20.9. The Balaban J connectivity index is 2.68. The van der Waals surface area contributed by atoms with Crippen LogP contribution in [-0.2, 0) is 14.3 Å². The lowest BCUT2D eigenvalue weighted by molar-refractivity contribution is -0.150. The number of carbonyl (C=O) groups is 3. The molecule has 0 heterocycles. The number of amides is 2. The molecule has 0 fully saturated rings. The van der Waals surface area contributed by atoms with Gasteiger partial charge in [0, 0.05) is 0 Å². The molecule has 2 amide bonds. The maximum Gasteiger partial charge on any atom is 0.329 e. The molecular weight excluding hydrogens is 364 g/mol. The Labute approximate surface area is 156 Å². The van der Waals surface area contributed by atoms with E-state index in [1.165, 1.54) is 11.8 Å². The Morgan fingerprint density at radius 1 is 1.36 bits per heavy atom. The van der Waals surface area contributed by atoms with Gasteiger partial charge in [0.1, 0.15) is 6.04 Å². The molecule has 0 aliphatic carbocycles. The van der Waals surface area contributed by atoms with Crippen molar-refractivity contribution in [1.82, 2.24) is 10.6 Å². The second kappa shape index (κ2) is 11.4. The van der Waals surface area contributed by atoms with Gasteiger partial charge in [0.15, 0.2) is 6.61 Å². The third kappa shape index (κ3) is 7.50. The van der Waals surface area contributed by atoms with Gasteiger partial charge in [0.05, 0.1) is 17.1 Å². The summed E-state index contributed by atoms with van der Waals surface area (Å²) < 4.78 is 4.95. The first-order valence-electron chi connectivity index (χ1n) is 7.40. The second-order valence-corrected chi connectivity index (χ2v) is 6.27. The highest BCUT2D eigenvalue weighted by molar-refractivity contribution is 7.98. The maximum atomic E-state index is 12.3. The van der Waals surface area contributed by atoms with Gasteiger partial charge in [-0.2, -0.15) is 11.8 Å². The topological polar surface area (TPSA) is 84.5 Å². The molecule has 1 aromatic rings. The smallest absolute Gasteiger partial charge is 0.329 e. The predicted molar refractivity (Wildman–Crippen MR) is 98.5 cm³/mol. The van der Waals surface area contributed by atoms with E-state index in [9.17, 15) is 14.4 Å². The van der Waals surface area contributed by atoms with Crippen LogP contribution in [0.3, 0.4) is 0 Å². The molecular formula is C17H19ClN2O4S. The molecule has 25 heavy (non-hydrogen) atoms. The normalized spacial score (nSPS) is 11.1. The van der Waals surface area contributed by atoms with Crippen molar-refractivity contribution in [2.24, 2.45) is 0 Å². The maximum absolute atomic E-state index is 12.3. The molecule has 0 saturated heterocycles. The first-order chi connectivity index (χ1) is 12.0. The number of halogens is 1. The number of ether oxygens (including phenoxy) is 1. The van der Waals surface area contributed by atoms with E-state index in [1.807, 2.05) is 6.26 Å². The highest BCUT2D eigenvalue weighted by Crippen LogP contribution is 2.15. The molecule has 0 saturated carbocycles. The lowest BCUT2D eigenvalue weighted by Gasteiger charge is -2.17. The molecule has 0 aliphatic heterocycles. The number of rotatable bonds is 9. The van der Waals surface area contributed by atoms with E-state index in [4.69, 9.17) is 22.8 Å². The summed E-state index contributed by atoms with van der Waals surface area (Å²) in [6, 6.07) is 5.64. The summed E-state index contributed by atoms with van der Waals surface area (Å²) in [5.74, 6) is 1.19. The second-order valence-electron chi connectivity index (χ2n) is 4.88. The number of carbonyl (C=O) groups excluding carboxylic acids is 3. The molecule has 6 nitrogen and oxygen atoms in total. The number of hydrogen-bond acceptors (Lipinski definition) is 5. The molecule has 8 heteroatoms. The zero-order chi connectivity index (χ0) is 18.7. The minimum Gasteiger partial charge on any atom is -0.454 e. The summed E-state index contributed by atoms with van der Waals surface area (Å²) in [4.78, 5) is 35.9. The van der Waals surface area contributed by atoms with Crippen molar-refractivity contribution in [1.29, 1.82) is 0 Å². The monoisotopic (exact) mass is 382 g/mol. The Morgan fingerprint density at radius 2 is 2.08 bits per heavy atom. The van der Waals surface area contributed by atoms with Crippen LogP contribution in [0, 0.1) is 12.3 Å². The van der Waals surface area contributed by atoms with Crippen LogP contribution in [0.2, 0.25) is 5.02 Å². The quantitative estimate of drug-likeness (QED) is 0.499. The van der Waals surface area contributed by atoms with Gasteiger partial charge in [0.2, 0.25) is 0 Å². The molecule has 1 aromatic carbocycles. The van der Waals surface area contributed by atoms with E-state index < -0.39 is 30.4 Å². The van der Waals surface area contributed by atoms with Crippen molar-refractivity contribution in [3.63, 3.8) is 0 Å². The minimum absolute atomic E-state index is 0.0511. The van der Waals surface area contributed by atoms with E-state index in [-0.39, 0.29) is 17.1 Å². The van der Waals surface area contributed by atoms with E-state index in [0.29, 0.717) is 12.2 Å². The average Bonchev–Trinajstić information content (AvgIpc) is 2.61. The summed E-state index contributed by atoms with van der Waals surface area (Å²) >= 11 is 7.51. The van der Waals surface area contributed by atoms with E-state index in [2.05, 4.69) is 16.6 Å².